The Morgan fingerprint density at radius 2 is 1.70 bits per heavy atom. The summed E-state index contributed by atoms with van der Waals surface area (Å²) < 4.78 is 42.5. The number of halogens is 5. The molecule has 0 bridgehead atoms. The van der Waals surface area contributed by atoms with Crippen LogP contribution in [0.5, 0.6) is 0 Å². The van der Waals surface area contributed by atoms with Crippen molar-refractivity contribution in [1.29, 1.82) is 0 Å². The van der Waals surface area contributed by atoms with Crippen molar-refractivity contribution >= 4 is 28.8 Å². The highest BCUT2D eigenvalue weighted by molar-refractivity contribution is 6.34. The second kappa shape index (κ2) is 7.74. The van der Waals surface area contributed by atoms with Crippen LogP contribution in [0.3, 0.4) is 0 Å². The smallest absolute Gasteiger partial charge is 0.223 e. The molecule has 0 radical (unpaired) electrons. The van der Waals surface area contributed by atoms with Gasteiger partial charge in [0.1, 0.15) is 12.7 Å². The van der Waals surface area contributed by atoms with Gasteiger partial charge in [-0.05, 0) is 54.0 Å². The van der Waals surface area contributed by atoms with E-state index in [4.69, 9.17) is 23.2 Å². The van der Waals surface area contributed by atoms with E-state index < -0.39 is 12.1 Å². The fourth-order valence-corrected chi connectivity index (χ4v) is 3.24. The number of nitrogens with zero attached hydrogens (tertiary/aromatic N) is 3. The summed E-state index contributed by atoms with van der Waals surface area (Å²) in [5.74, 6) is -1.82. The van der Waals surface area contributed by atoms with E-state index in [1.54, 1.807) is 42.2 Å². The van der Waals surface area contributed by atoms with Gasteiger partial charge in [-0.3, -0.25) is 0 Å². The monoisotopic (exact) mass is 411 g/mol. The molecule has 3 rings (SSSR count). The summed E-state index contributed by atoms with van der Waals surface area (Å²) in [5, 5.41) is 4.34. The van der Waals surface area contributed by atoms with E-state index in [1.807, 2.05) is 0 Å². The van der Waals surface area contributed by atoms with Gasteiger partial charge in [-0.1, -0.05) is 41.4 Å². The molecule has 0 saturated carbocycles. The molecule has 0 aliphatic carbocycles. The second-order valence-corrected chi connectivity index (χ2v) is 6.83. The van der Waals surface area contributed by atoms with Crippen molar-refractivity contribution in [2.45, 2.75) is 19.0 Å². The van der Waals surface area contributed by atoms with Gasteiger partial charge >= 0.3 is 6.18 Å². The van der Waals surface area contributed by atoms with Gasteiger partial charge in [0, 0.05) is 10.0 Å². The molecule has 0 spiro atoms. The van der Waals surface area contributed by atoms with Crippen molar-refractivity contribution < 1.29 is 13.2 Å². The lowest BCUT2D eigenvalue weighted by Crippen LogP contribution is -2.19. The zero-order valence-corrected chi connectivity index (χ0v) is 15.6. The Kier molecular flexibility index (Phi) is 5.58. The highest BCUT2D eigenvalue weighted by Crippen LogP contribution is 2.39. The van der Waals surface area contributed by atoms with Gasteiger partial charge < -0.3 is 0 Å². The topological polar surface area (TPSA) is 30.7 Å². The van der Waals surface area contributed by atoms with Gasteiger partial charge in [0.25, 0.3) is 0 Å². The molecule has 0 amide bonds. The summed E-state index contributed by atoms with van der Waals surface area (Å²) in [6.07, 6.45) is -0.355. The quantitative estimate of drug-likeness (QED) is 0.502. The molecule has 0 saturated heterocycles. The lowest BCUT2D eigenvalue weighted by atomic mass is 9.94. The summed E-state index contributed by atoms with van der Waals surface area (Å²) in [4.78, 5) is 3.86. The van der Waals surface area contributed by atoms with Crippen LogP contribution in [-0.4, -0.2) is 20.9 Å². The van der Waals surface area contributed by atoms with Crippen molar-refractivity contribution in [1.82, 2.24) is 14.8 Å². The van der Waals surface area contributed by atoms with Gasteiger partial charge in [0.15, 0.2) is 0 Å². The van der Waals surface area contributed by atoms with Crippen LogP contribution in [0.2, 0.25) is 10.0 Å². The van der Waals surface area contributed by atoms with Gasteiger partial charge in [-0.15, -0.1) is 0 Å². The Bertz CT molecular complexity index is 929. The number of alkyl halides is 3. The molecule has 140 valence electrons. The lowest BCUT2D eigenvalue weighted by molar-refractivity contribution is -0.139. The van der Waals surface area contributed by atoms with Crippen molar-refractivity contribution in [2.75, 3.05) is 0 Å². The Balaban J connectivity index is 1.95. The van der Waals surface area contributed by atoms with Crippen LogP contribution in [0.15, 0.2) is 61.2 Å². The summed E-state index contributed by atoms with van der Waals surface area (Å²) in [6, 6.07) is 11.0. The van der Waals surface area contributed by atoms with Gasteiger partial charge in [0.05, 0.1) is 11.6 Å². The zero-order chi connectivity index (χ0) is 19.6. The number of rotatable bonds is 4. The molecule has 0 N–H and O–H groups in total. The van der Waals surface area contributed by atoms with Crippen LogP contribution >= 0.6 is 23.2 Å². The number of allylic oxidation sites excluding steroid dienone is 2. The molecule has 1 heterocycles. The van der Waals surface area contributed by atoms with Crippen LogP contribution in [0.1, 0.15) is 24.0 Å². The molecule has 2 aromatic carbocycles. The summed E-state index contributed by atoms with van der Waals surface area (Å²) in [5.41, 5.74) is 1.91. The van der Waals surface area contributed by atoms with Crippen LogP contribution in [0, 0.1) is 0 Å². The molecule has 1 aromatic heterocycles. The molecule has 0 aliphatic heterocycles. The summed E-state index contributed by atoms with van der Waals surface area (Å²) in [6.45, 7) is 1.63. The first-order valence-electron chi connectivity index (χ1n) is 7.90. The van der Waals surface area contributed by atoms with E-state index in [2.05, 4.69) is 10.1 Å². The van der Waals surface area contributed by atoms with E-state index in [1.165, 1.54) is 30.6 Å². The van der Waals surface area contributed by atoms with Crippen LogP contribution in [0.4, 0.5) is 13.2 Å². The van der Waals surface area contributed by atoms with Gasteiger partial charge in [-0.2, -0.15) is 18.3 Å². The van der Waals surface area contributed by atoms with Gasteiger partial charge in [-0.25, -0.2) is 9.67 Å². The third-order valence-corrected chi connectivity index (χ3v) is 4.46. The minimum atomic E-state index is -4.48. The lowest BCUT2D eigenvalue weighted by Gasteiger charge is -2.19. The van der Waals surface area contributed by atoms with Gasteiger partial charge in [0.2, 0.25) is 0 Å². The molecular formula is C19H14Cl2F3N3. The molecule has 27 heavy (non-hydrogen) atoms. The minimum absolute atomic E-state index is 0.00131. The Morgan fingerprint density at radius 1 is 1.07 bits per heavy atom. The Labute approximate surface area is 164 Å². The number of hydrogen-bond donors (Lipinski definition) is 0. The number of hydrogen-bond acceptors (Lipinski definition) is 2. The fourth-order valence-electron chi connectivity index (χ4n) is 2.70. The summed E-state index contributed by atoms with van der Waals surface area (Å²) >= 11 is 11.8. The minimum Gasteiger partial charge on any atom is -0.223 e. The van der Waals surface area contributed by atoms with E-state index in [9.17, 15) is 13.2 Å². The largest absolute Gasteiger partial charge is 0.399 e. The van der Waals surface area contributed by atoms with E-state index in [0.29, 0.717) is 11.1 Å². The molecule has 1 atom stereocenters. The second-order valence-electron chi connectivity index (χ2n) is 5.96. The zero-order valence-electron chi connectivity index (χ0n) is 14.1. The normalized spacial score (nSPS) is 13.6. The van der Waals surface area contributed by atoms with Crippen molar-refractivity contribution in [3.05, 3.63) is 82.4 Å². The Morgan fingerprint density at radius 3 is 2.22 bits per heavy atom. The molecule has 0 fully saturated rings. The SMILES string of the molecule is C/C(=C\C(c1cc(Cl)cc(Cl)c1)C(F)(F)F)c1ccc(-n2cncn2)cc1. The maximum atomic E-state index is 13.6. The van der Waals surface area contributed by atoms with E-state index >= 15 is 0 Å². The van der Waals surface area contributed by atoms with Crippen molar-refractivity contribution in [2.24, 2.45) is 0 Å². The highest BCUT2D eigenvalue weighted by atomic mass is 35.5. The van der Waals surface area contributed by atoms with Crippen molar-refractivity contribution in [3.8, 4) is 5.69 Å². The molecular weight excluding hydrogens is 398 g/mol. The van der Waals surface area contributed by atoms with Crippen LogP contribution < -0.4 is 0 Å². The first kappa shape index (κ1) is 19.5. The van der Waals surface area contributed by atoms with E-state index in [-0.39, 0.29) is 15.6 Å². The molecule has 1 unspecified atom stereocenters. The van der Waals surface area contributed by atoms with Crippen LogP contribution in [0.25, 0.3) is 11.3 Å². The fraction of sp³-hybridized carbons (Fsp3) is 0.158. The highest BCUT2D eigenvalue weighted by Gasteiger charge is 2.39. The number of aromatic nitrogens is 3. The average Bonchev–Trinajstić information content (AvgIpc) is 3.12. The third kappa shape index (κ3) is 4.70. The molecule has 3 nitrogen and oxygen atoms in total. The van der Waals surface area contributed by atoms with E-state index in [0.717, 1.165) is 5.69 Å². The van der Waals surface area contributed by atoms with Crippen LogP contribution in [-0.2, 0) is 0 Å². The predicted octanol–water partition coefficient (Wildman–Crippen LogP) is 6.32. The molecule has 0 aliphatic rings. The average molecular weight is 412 g/mol. The number of benzene rings is 2. The maximum absolute atomic E-state index is 13.6. The first-order valence-corrected chi connectivity index (χ1v) is 8.66. The Hall–Kier alpha value is -2.31. The van der Waals surface area contributed by atoms with Crippen molar-refractivity contribution in [3.63, 3.8) is 0 Å². The predicted molar refractivity (Wildman–Crippen MR) is 100 cm³/mol. The molecule has 3 aromatic rings. The first-order chi connectivity index (χ1) is 12.7. The standard InChI is InChI=1S/C19H14Cl2F3N3/c1-12(13-2-4-17(5-3-13)27-11-25-10-26-27)6-18(19(22,23)24)14-7-15(20)9-16(21)8-14/h2-11,18H,1H3/b12-6+. The summed E-state index contributed by atoms with van der Waals surface area (Å²) in [7, 11) is 0. The third-order valence-electron chi connectivity index (χ3n) is 4.02. The molecule has 8 heteroatoms. The maximum Gasteiger partial charge on any atom is 0.399 e.